The number of hydrogen-bond acceptors (Lipinski definition) is 5. The van der Waals surface area contributed by atoms with Crippen molar-refractivity contribution < 1.29 is 22.5 Å². The van der Waals surface area contributed by atoms with Gasteiger partial charge in [0, 0.05) is 18.5 Å². The van der Waals surface area contributed by atoms with E-state index in [0.717, 1.165) is 5.56 Å². The van der Waals surface area contributed by atoms with Gasteiger partial charge in [-0.15, -0.1) is 0 Å². The number of nitrogens with one attached hydrogen (secondary N) is 1. The molecular formula is C17H21F3N4O2. The van der Waals surface area contributed by atoms with E-state index in [0.29, 0.717) is 24.7 Å². The van der Waals surface area contributed by atoms with Crippen molar-refractivity contribution in [1.29, 1.82) is 0 Å². The van der Waals surface area contributed by atoms with Crippen LogP contribution in [0.2, 0.25) is 0 Å². The fourth-order valence-electron chi connectivity index (χ4n) is 2.24. The van der Waals surface area contributed by atoms with Gasteiger partial charge in [0.05, 0.1) is 6.04 Å². The molecule has 1 amide bonds. The maximum absolute atomic E-state index is 12.1. The first-order valence-electron chi connectivity index (χ1n) is 8.16. The summed E-state index contributed by atoms with van der Waals surface area (Å²) in [5.74, 6) is 0.413. The summed E-state index contributed by atoms with van der Waals surface area (Å²) < 4.78 is 41.7. The average Bonchev–Trinajstić information content (AvgIpc) is 3.08. The lowest BCUT2D eigenvalue weighted by molar-refractivity contribution is -0.123. The fraction of sp³-hybridized carbons (Fsp3) is 0.471. The third-order valence-electron chi connectivity index (χ3n) is 3.92. The van der Waals surface area contributed by atoms with Crippen LogP contribution in [0.15, 0.2) is 28.8 Å². The van der Waals surface area contributed by atoms with Gasteiger partial charge in [-0.1, -0.05) is 24.2 Å². The summed E-state index contributed by atoms with van der Waals surface area (Å²) >= 11 is 0. The molecule has 0 spiro atoms. The van der Waals surface area contributed by atoms with Gasteiger partial charge < -0.3 is 9.84 Å². The van der Waals surface area contributed by atoms with Crippen LogP contribution in [-0.4, -0.2) is 40.7 Å². The number of carbonyl (C=O) groups excluding carboxylic acids is 1. The predicted molar refractivity (Wildman–Crippen MR) is 88.4 cm³/mol. The minimum Gasteiger partial charge on any atom is -0.343 e. The quantitative estimate of drug-likeness (QED) is 0.811. The summed E-state index contributed by atoms with van der Waals surface area (Å²) in [6.07, 6.45) is -3.74. The zero-order valence-corrected chi connectivity index (χ0v) is 14.8. The Bertz CT molecular complexity index is 728. The fourth-order valence-corrected chi connectivity index (χ4v) is 2.24. The second kappa shape index (κ2) is 8.31. The first-order chi connectivity index (χ1) is 12.2. The molecule has 1 aromatic heterocycles. The number of aromatic nitrogens is 2. The van der Waals surface area contributed by atoms with E-state index < -0.39 is 18.6 Å². The number of carbonyl (C=O) groups is 1. The monoisotopic (exact) mass is 370 g/mol. The topological polar surface area (TPSA) is 71.3 Å². The highest BCUT2D eigenvalue weighted by Crippen LogP contribution is 2.19. The van der Waals surface area contributed by atoms with Crippen LogP contribution in [0.1, 0.15) is 47.5 Å². The van der Waals surface area contributed by atoms with Gasteiger partial charge in [-0.2, -0.15) is 18.2 Å². The predicted octanol–water partition coefficient (Wildman–Crippen LogP) is 3.12. The van der Waals surface area contributed by atoms with Gasteiger partial charge in [-0.25, -0.2) is 0 Å². The van der Waals surface area contributed by atoms with Crippen LogP contribution < -0.4 is 5.32 Å². The molecule has 9 heteroatoms. The summed E-state index contributed by atoms with van der Waals surface area (Å²) in [7, 11) is 1.89. The van der Waals surface area contributed by atoms with Crippen molar-refractivity contribution in [3.8, 4) is 0 Å². The zero-order chi connectivity index (χ0) is 19.3. The van der Waals surface area contributed by atoms with Crippen molar-refractivity contribution in [2.75, 3.05) is 13.6 Å². The standard InChI is InChI=1S/C17H21F3N4O2/c1-4-14-22-16(26-23-14)11(2)24(3)9-12-5-7-13(8-6-12)15(25)21-10-17(18,19)20/h5-8,11H,4,9-10H2,1-3H3,(H,21,25)/t11-/m1/s1. The van der Waals surface area contributed by atoms with Crippen LogP contribution in [0.4, 0.5) is 13.2 Å². The third-order valence-corrected chi connectivity index (χ3v) is 3.92. The molecule has 0 radical (unpaired) electrons. The second-order valence-electron chi connectivity index (χ2n) is 5.99. The summed E-state index contributed by atoms with van der Waals surface area (Å²) in [6.45, 7) is 3.08. The van der Waals surface area contributed by atoms with E-state index in [-0.39, 0.29) is 11.6 Å². The molecule has 26 heavy (non-hydrogen) atoms. The van der Waals surface area contributed by atoms with E-state index in [4.69, 9.17) is 4.52 Å². The minimum atomic E-state index is -4.43. The van der Waals surface area contributed by atoms with Gasteiger partial charge in [-0.3, -0.25) is 9.69 Å². The SMILES string of the molecule is CCc1noc([C@@H](C)N(C)Cc2ccc(C(=O)NCC(F)(F)F)cc2)n1. The molecule has 6 nitrogen and oxygen atoms in total. The van der Waals surface area contributed by atoms with Crippen LogP contribution in [0.25, 0.3) is 0 Å². The number of nitrogens with zero attached hydrogens (tertiary/aromatic N) is 3. The molecule has 2 rings (SSSR count). The zero-order valence-electron chi connectivity index (χ0n) is 14.8. The Balaban J connectivity index is 1.94. The van der Waals surface area contributed by atoms with Gasteiger partial charge in [0.1, 0.15) is 6.54 Å². The van der Waals surface area contributed by atoms with Gasteiger partial charge in [0.2, 0.25) is 5.89 Å². The molecule has 0 bridgehead atoms. The highest BCUT2D eigenvalue weighted by Gasteiger charge is 2.27. The molecule has 1 N–H and O–H groups in total. The number of amides is 1. The molecule has 2 aromatic rings. The minimum absolute atomic E-state index is 0.0995. The Hall–Kier alpha value is -2.42. The van der Waals surface area contributed by atoms with E-state index in [9.17, 15) is 18.0 Å². The highest BCUT2D eigenvalue weighted by atomic mass is 19.4. The number of rotatable bonds is 7. The Morgan fingerprint density at radius 1 is 1.31 bits per heavy atom. The van der Waals surface area contributed by atoms with Gasteiger partial charge in [0.25, 0.3) is 5.91 Å². The summed E-state index contributed by atoms with van der Waals surface area (Å²) in [5.41, 5.74) is 1.08. The van der Waals surface area contributed by atoms with E-state index in [2.05, 4.69) is 10.1 Å². The lowest BCUT2D eigenvalue weighted by Gasteiger charge is -2.21. The molecule has 142 valence electrons. The first kappa shape index (κ1) is 19.9. The number of aryl methyl sites for hydroxylation is 1. The van der Waals surface area contributed by atoms with Crippen molar-refractivity contribution in [2.45, 2.75) is 39.0 Å². The molecule has 0 aliphatic rings. The molecule has 0 fully saturated rings. The van der Waals surface area contributed by atoms with Crippen molar-refractivity contribution in [1.82, 2.24) is 20.4 Å². The number of alkyl halides is 3. The lowest BCUT2D eigenvalue weighted by Crippen LogP contribution is -2.33. The summed E-state index contributed by atoms with van der Waals surface area (Å²) in [5, 5.41) is 5.72. The van der Waals surface area contributed by atoms with E-state index in [1.807, 2.05) is 31.1 Å². The van der Waals surface area contributed by atoms with Crippen LogP contribution in [-0.2, 0) is 13.0 Å². The average molecular weight is 370 g/mol. The van der Waals surface area contributed by atoms with Crippen molar-refractivity contribution in [2.24, 2.45) is 0 Å². The van der Waals surface area contributed by atoms with Gasteiger partial charge in [-0.05, 0) is 31.7 Å². The van der Waals surface area contributed by atoms with Crippen molar-refractivity contribution in [3.63, 3.8) is 0 Å². The van der Waals surface area contributed by atoms with Crippen LogP contribution in [0.5, 0.6) is 0 Å². The molecular weight excluding hydrogens is 349 g/mol. The molecule has 1 aromatic carbocycles. The van der Waals surface area contributed by atoms with E-state index in [1.54, 1.807) is 12.1 Å². The van der Waals surface area contributed by atoms with Crippen molar-refractivity contribution in [3.05, 3.63) is 47.1 Å². The van der Waals surface area contributed by atoms with E-state index >= 15 is 0 Å². The molecule has 0 saturated carbocycles. The Morgan fingerprint density at radius 3 is 2.50 bits per heavy atom. The smallest absolute Gasteiger partial charge is 0.343 e. The van der Waals surface area contributed by atoms with Gasteiger partial charge >= 0.3 is 6.18 Å². The van der Waals surface area contributed by atoms with Gasteiger partial charge in [0.15, 0.2) is 5.82 Å². The summed E-state index contributed by atoms with van der Waals surface area (Å²) in [6, 6.07) is 6.31. The highest BCUT2D eigenvalue weighted by molar-refractivity contribution is 5.94. The molecule has 0 unspecified atom stereocenters. The van der Waals surface area contributed by atoms with Crippen LogP contribution >= 0.6 is 0 Å². The number of halogens is 3. The molecule has 0 aliphatic carbocycles. The van der Waals surface area contributed by atoms with E-state index in [1.165, 1.54) is 12.1 Å². The number of benzene rings is 1. The Labute approximate surface area is 149 Å². The first-order valence-corrected chi connectivity index (χ1v) is 8.16. The maximum Gasteiger partial charge on any atom is 0.405 e. The Morgan fingerprint density at radius 2 is 1.96 bits per heavy atom. The largest absolute Gasteiger partial charge is 0.405 e. The second-order valence-corrected chi connectivity index (χ2v) is 5.99. The molecule has 0 saturated heterocycles. The summed E-state index contributed by atoms with van der Waals surface area (Å²) in [4.78, 5) is 18.0. The lowest BCUT2D eigenvalue weighted by atomic mass is 10.1. The van der Waals surface area contributed by atoms with Crippen molar-refractivity contribution >= 4 is 5.91 Å². The number of hydrogen-bond donors (Lipinski definition) is 1. The van der Waals surface area contributed by atoms with Crippen LogP contribution in [0, 0.1) is 0 Å². The molecule has 1 heterocycles. The maximum atomic E-state index is 12.1. The molecule has 0 aliphatic heterocycles. The normalized spacial score (nSPS) is 13.0. The molecule has 1 atom stereocenters. The third kappa shape index (κ3) is 5.55. The Kier molecular flexibility index (Phi) is 6.36. The van der Waals surface area contributed by atoms with Crippen LogP contribution in [0.3, 0.4) is 0 Å².